The topological polar surface area (TPSA) is 6.48 Å². The number of hydrogen-bond acceptors (Lipinski definition) is 2. The Labute approximate surface area is 345 Å². The first-order valence-electron chi connectivity index (χ1n) is 21.6. The van der Waals surface area contributed by atoms with Crippen LogP contribution < -0.4 is 26.2 Å². The standard InChI is InChI=1S/C54H65BN2/c1-32-23-46-48-47(24-32)57(43-21-17-34(25-33(43)2)49(3,4)5)44-22-18-35(50(6,7)8)26-41(44)55(48)42-28-39-40(54(15,16)31-53(39,13)14)29-45(42)56(46)36-19-20-37-38(27-36)52(11,12)30-51(37,9)10/h17-29H,30-31H2,1-16H3. The van der Waals surface area contributed by atoms with Crippen molar-refractivity contribution in [2.75, 3.05) is 9.80 Å². The number of fused-ring (bicyclic) bond motifs is 6. The maximum Gasteiger partial charge on any atom is 0.252 e. The molecule has 4 aliphatic rings. The minimum absolute atomic E-state index is 0.0129. The maximum atomic E-state index is 2.67. The first kappa shape index (κ1) is 38.3. The van der Waals surface area contributed by atoms with Crippen LogP contribution in [0.15, 0.2) is 78.9 Å². The van der Waals surface area contributed by atoms with Gasteiger partial charge in [-0.1, -0.05) is 133 Å². The Morgan fingerprint density at radius 3 is 1.53 bits per heavy atom. The van der Waals surface area contributed by atoms with Crippen molar-refractivity contribution in [2.45, 2.75) is 156 Å². The molecule has 2 aliphatic heterocycles. The van der Waals surface area contributed by atoms with Gasteiger partial charge in [0.2, 0.25) is 0 Å². The van der Waals surface area contributed by atoms with Crippen LogP contribution in [0.1, 0.15) is 154 Å². The van der Waals surface area contributed by atoms with Crippen LogP contribution in [0.25, 0.3) is 0 Å². The van der Waals surface area contributed by atoms with Gasteiger partial charge in [-0.25, -0.2) is 0 Å². The maximum absolute atomic E-state index is 2.67. The second kappa shape index (κ2) is 11.7. The number of aryl methyl sites for hydroxylation is 2. The largest absolute Gasteiger partial charge is 0.311 e. The van der Waals surface area contributed by atoms with E-state index in [0.717, 1.165) is 12.8 Å². The van der Waals surface area contributed by atoms with E-state index in [1.54, 1.807) is 0 Å². The summed E-state index contributed by atoms with van der Waals surface area (Å²) < 4.78 is 0. The summed E-state index contributed by atoms with van der Waals surface area (Å²) in [5.74, 6) is 0. The summed E-state index contributed by atoms with van der Waals surface area (Å²) in [5, 5.41) is 0. The smallest absolute Gasteiger partial charge is 0.252 e. The van der Waals surface area contributed by atoms with E-state index in [2.05, 4.69) is 199 Å². The second-order valence-corrected chi connectivity index (χ2v) is 23.2. The van der Waals surface area contributed by atoms with Gasteiger partial charge in [-0.2, -0.15) is 0 Å². The molecule has 294 valence electrons. The predicted octanol–water partition coefficient (Wildman–Crippen LogP) is 12.9. The Hall–Kier alpha value is -4.24. The molecule has 0 spiro atoms. The lowest BCUT2D eigenvalue weighted by atomic mass is 9.33. The zero-order valence-corrected chi connectivity index (χ0v) is 37.9. The Balaban J connectivity index is 1.40. The molecule has 0 saturated carbocycles. The van der Waals surface area contributed by atoms with Crippen molar-refractivity contribution in [3.05, 3.63) is 123 Å². The third kappa shape index (κ3) is 5.64. The van der Waals surface area contributed by atoms with Crippen molar-refractivity contribution < 1.29 is 0 Å². The van der Waals surface area contributed by atoms with Crippen LogP contribution in [0, 0.1) is 13.8 Å². The highest BCUT2D eigenvalue weighted by atomic mass is 15.2. The number of rotatable bonds is 2. The first-order valence-corrected chi connectivity index (χ1v) is 21.6. The fourth-order valence-corrected chi connectivity index (χ4v) is 12.1. The van der Waals surface area contributed by atoms with E-state index in [4.69, 9.17) is 0 Å². The van der Waals surface area contributed by atoms with Gasteiger partial charge in [0, 0.05) is 34.1 Å². The van der Waals surface area contributed by atoms with E-state index in [1.165, 1.54) is 95.0 Å². The third-order valence-electron chi connectivity index (χ3n) is 14.5. The summed E-state index contributed by atoms with van der Waals surface area (Å²) in [4.78, 5) is 5.29. The van der Waals surface area contributed by atoms with Crippen LogP contribution in [0.3, 0.4) is 0 Å². The summed E-state index contributed by atoms with van der Waals surface area (Å²) in [7, 11) is 0. The predicted molar refractivity (Wildman–Crippen MR) is 249 cm³/mol. The molecule has 3 heteroatoms. The van der Waals surface area contributed by atoms with Gasteiger partial charge in [0.15, 0.2) is 0 Å². The molecule has 0 bridgehead atoms. The Morgan fingerprint density at radius 1 is 0.456 bits per heavy atom. The molecule has 0 amide bonds. The van der Waals surface area contributed by atoms with Crippen molar-refractivity contribution in [3.63, 3.8) is 0 Å². The number of benzene rings is 5. The zero-order valence-electron chi connectivity index (χ0n) is 37.9. The molecule has 5 aromatic rings. The molecule has 0 unspecified atom stereocenters. The quantitative estimate of drug-likeness (QED) is 0.162. The van der Waals surface area contributed by atoms with Crippen LogP contribution in [-0.2, 0) is 32.5 Å². The lowest BCUT2D eigenvalue weighted by molar-refractivity contribution is 0.403. The summed E-state index contributed by atoms with van der Waals surface area (Å²) in [6.45, 7) is 38.4. The van der Waals surface area contributed by atoms with Crippen molar-refractivity contribution >= 4 is 57.2 Å². The summed E-state index contributed by atoms with van der Waals surface area (Å²) in [5.41, 5.74) is 23.9. The van der Waals surface area contributed by atoms with Crippen LogP contribution in [0.4, 0.5) is 34.1 Å². The van der Waals surface area contributed by atoms with E-state index in [1.807, 2.05) is 0 Å². The van der Waals surface area contributed by atoms with Crippen LogP contribution in [-0.4, -0.2) is 6.71 Å². The summed E-state index contributed by atoms with van der Waals surface area (Å²) >= 11 is 0. The molecule has 0 atom stereocenters. The summed E-state index contributed by atoms with van der Waals surface area (Å²) in [6.07, 6.45) is 2.30. The molecular weight excluding hydrogens is 687 g/mol. The SMILES string of the molecule is Cc1cc2c3c(c1)N(c1ccc(C(C)(C)C)cc1C)c1ccc(C(C)(C)C)cc1B3c1cc3c(cc1N2c1ccc2c(c1)C(C)(C)CC2(C)C)C(C)(C)CC3(C)C. The van der Waals surface area contributed by atoms with Gasteiger partial charge < -0.3 is 9.80 Å². The minimum Gasteiger partial charge on any atom is -0.311 e. The van der Waals surface area contributed by atoms with Crippen molar-refractivity contribution in [3.8, 4) is 0 Å². The molecule has 2 aliphatic carbocycles. The molecular formula is C54H65BN2. The number of nitrogens with zero attached hydrogens (tertiary/aromatic N) is 2. The first-order chi connectivity index (χ1) is 26.3. The molecule has 2 heterocycles. The van der Waals surface area contributed by atoms with Crippen LogP contribution in [0.2, 0.25) is 0 Å². The molecule has 5 aromatic carbocycles. The number of hydrogen-bond donors (Lipinski definition) is 0. The van der Waals surface area contributed by atoms with Gasteiger partial charge in [-0.3, -0.25) is 0 Å². The average Bonchev–Trinajstić information content (AvgIpc) is 3.39. The zero-order chi connectivity index (χ0) is 41.2. The Kier molecular flexibility index (Phi) is 7.86. The van der Waals surface area contributed by atoms with E-state index >= 15 is 0 Å². The molecule has 0 fully saturated rings. The summed E-state index contributed by atoms with van der Waals surface area (Å²) in [6, 6.07) is 32.3. The molecule has 57 heavy (non-hydrogen) atoms. The van der Waals surface area contributed by atoms with E-state index in [-0.39, 0.29) is 39.2 Å². The number of anilines is 6. The fourth-order valence-electron chi connectivity index (χ4n) is 12.1. The third-order valence-corrected chi connectivity index (χ3v) is 14.5. The van der Waals surface area contributed by atoms with Crippen molar-refractivity contribution in [2.24, 2.45) is 0 Å². The van der Waals surface area contributed by atoms with Gasteiger partial charge in [0.05, 0.1) is 0 Å². The van der Waals surface area contributed by atoms with Crippen LogP contribution in [0.5, 0.6) is 0 Å². The van der Waals surface area contributed by atoms with E-state index in [9.17, 15) is 0 Å². The molecule has 2 nitrogen and oxygen atoms in total. The van der Waals surface area contributed by atoms with Gasteiger partial charge in [-0.05, 0) is 163 Å². The normalized spacial score (nSPS) is 19.2. The monoisotopic (exact) mass is 753 g/mol. The molecule has 9 rings (SSSR count). The van der Waals surface area contributed by atoms with Gasteiger partial charge in [0.25, 0.3) is 6.71 Å². The fraction of sp³-hybridized carbons (Fsp3) is 0.444. The molecule has 0 saturated heterocycles. The van der Waals surface area contributed by atoms with Gasteiger partial charge in [-0.15, -0.1) is 0 Å². The molecule has 0 radical (unpaired) electrons. The lowest BCUT2D eigenvalue weighted by Gasteiger charge is -2.45. The lowest BCUT2D eigenvalue weighted by Crippen LogP contribution is -2.61. The van der Waals surface area contributed by atoms with Gasteiger partial charge in [0.1, 0.15) is 0 Å². The second-order valence-electron chi connectivity index (χ2n) is 23.2. The Bertz CT molecular complexity index is 2530. The van der Waals surface area contributed by atoms with Crippen LogP contribution >= 0.6 is 0 Å². The van der Waals surface area contributed by atoms with E-state index in [0.29, 0.717) is 0 Å². The Morgan fingerprint density at radius 2 is 0.947 bits per heavy atom. The van der Waals surface area contributed by atoms with E-state index < -0.39 is 0 Å². The highest BCUT2D eigenvalue weighted by Crippen LogP contribution is 2.55. The molecule has 0 aromatic heterocycles. The van der Waals surface area contributed by atoms with Crippen molar-refractivity contribution in [1.29, 1.82) is 0 Å². The van der Waals surface area contributed by atoms with Gasteiger partial charge >= 0.3 is 0 Å². The average molecular weight is 753 g/mol. The molecule has 0 N–H and O–H groups in total. The van der Waals surface area contributed by atoms with Crippen molar-refractivity contribution in [1.82, 2.24) is 0 Å². The highest BCUT2D eigenvalue weighted by Gasteiger charge is 2.49. The minimum atomic E-state index is 0.0129. The highest BCUT2D eigenvalue weighted by molar-refractivity contribution is 7.00.